The van der Waals surface area contributed by atoms with E-state index < -0.39 is 29.0 Å². The molecule has 2 N–H and O–H groups in total. The molecule has 13 heteroatoms. The van der Waals surface area contributed by atoms with Gasteiger partial charge in [-0.15, -0.1) is 0 Å². The third-order valence-electron chi connectivity index (χ3n) is 4.84. The Kier molecular flexibility index (Phi) is 8.04. The molecule has 0 bridgehead atoms. The van der Waals surface area contributed by atoms with Gasteiger partial charge >= 0.3 is 11.8 Å². The standard InChI is InChI=1S/C22H25Cl2N5O6/c1-22(2,3)34-20(32)25-10-14-18(24)19(31)29(21(33)28(14)4)11-17-26-16(27-35-17)9-15(30)12-5-7-13(23)8-6-12/h5-8,15,30H,9-11H2,1-4H3,(H,25,32). The molecule has 3 aromatic rings. The van der Waals surface area contributed by atoms with Gasteiger partial charge in [-0.3, -0.25) is 9.36 Å². The first-order chi connectivity index (χ1) is 16.4. The summed E-state index contributed by atoms with van der Waals surface area (Å²) in [6, 6.07) is 6.66. The third-order valence-corrected chi connectivity index (χ3v) is 5.47. The topological polar surface area (TPSA) is 141 Å². The van der Waals surface area contributed by atoms with E-state index in [0.717, 1.165) is 9.13 Å². The molecular formula is C22H25Cl2N5O6. The minimum Gasteiger partial charge on any atom is -0.444 e. The van der Waals surface area contributed by atoms with Gasteiger partial charge in [-0.2, -0.15) is 4.98 Å². The first-order valence-electron chi connectivity index (χ1n) is 10.6. The second kappa shape index (κ2) is 10.6. The quantitative estimate of drug-likeness (QED) is 0.479. The van der Waals surface area contributed by atoms with Crippen LogP contribution in [0.15, 0.2) is 38.4 Å². The van der Waals surface area contributed by atoms with Gasteiger partial charge in [0.25, 0.3) is 5.56 Å². The van der Waals surface area contributed by atoms with E-state index in [2.05, 4.69) is 15.5 Å². The fourth-order valence-corrected chi connectivity index (χ4v) is 3.55. The minimum atomic E-state index is -0.903. The summed E-state index contributed by atoms with van der Waals surface area (Å²) in [6.07, 6.45) is -1.57. The summed E-state index contributed by atoms with van der Waals surface area (Å²) < 4.78 is 12.3. The van der Waals surface area contributed by atoms with Crippen LogP contribution in [0.3, 0.4) is 0 Å². The monoisotopic (exact) mass is 525 g/mol. The highest BCUT2D eigenvalue weighted by Crippen LogP contribution is 2.19. The lowest BCUT2D eigenvalue weighted by Crippen LogP contribution is -2.42. The zero-order chi connectivity index (χ0) is 25.9. The van der Waals surface area contributed by atoms with Crippen molar-refractivity contribution in [3.63, 3.8) is 0 Å². The summed E-state index contributed by atoms with van der Waals surface area (Å²) in [5, 5.41) is 16.9. The lowest BCUT2D eigenvalue weighted by Gasteiger charge is -2.20. The van der Waals surface area contributed by atoms with Crippen molar-refractivity contribution < 1.29 is 19.2 Å². The van der Waals surface area contributed by atoms with Crippen molar-refractivity contribution in [1.82, 2.24) is 24.6 Å². The SMILES string of the molecule is Cn1c(CNC(=O)OC(C)(C)C)c(Cl)c(=O)n(Cc2nc(CC(O)c3ccc(Cl)cc3)no2)c1=O. The third kappa shape index (κ3) is 6.71. The Balaban J connectivity index is 1.75. The highest BCUT2D eigenvalue weighted by molar-refractivity contribution is 6.31. The maximum atomic E-state index is 12.8. The molecule has 11 nitrogen and oxygen atoms in total. The van der Waals surface area contributed by atoms with Crippen molar-refractivity contribution >= 4 is 29.3 Å². The number of halogens is 2. The Bertz CT molecular complexity index is 1290. The number of amides is 1. The van der Waals surface area contributed by atoms with Gasteiger partial charge in [0, 0.05) is 18.5 Å². The Hall–Kier alpha value is -3.15. The molecule has 0 radical (unpaired) electrons. The van der Waals surface area contributed by atoms with Gasteiger partial charge in [0.05, 0.1) is 18.3 Å². The van der Waals surface area contributed by atoms with E-state index in [1.54, 1.807) is 45.0 Å². The summed E-state index contributed by atoms with van der Waals surface area (Å²) in [7, 11) is 1.41. The molecule has 35 heavy (non-hydrogen) atoms. The summed E-state index contributed by atoms with van der Waals surface area (Å²) >= 11 is 12.1. The molecule has 0 aliphatic carbocycles. The first kappa shape index (κ1) is 26.5. The number of aliphatic hydroxyl groups is 1. The zero-order valence-corrected chi connectivity index (χ0v) is 21.1. The first-order valence-corrected chi connectivity index (χ1v) is 11.3. The molecule has 1 amide bonds. The van der Waals surface area contributed by atoms with Crippen LogP contribution in [0.25, 0.3) is 0 Å². The largest absolute Gasteiger partial charge is 0.444 e. The molecular weight excluding hydrogens is 501 g/mol. The second-order valence-electron chi connectivity index (χ2n) is 8.72. The molecule has 2 aromatic heterocycles. The number of carbonyl (C=O) groups is 1. The van der Waals surface area contributed by atoms with Crippen LogP contribution in [-0.2, 0) is 31.3 Å². The van der Waals surface area contributed by atoms with Gasteiger partial charge in [-0.1, -0.05) is 40.5 Å². The minimum absolute atomic E-state index is 0.0156. The molecule has 3 rings (SSSR count). The number of aromatic nitrogens is 4. The van der Waals surface area contributed by atoms with E-state index in [4.69, 9.17) is 32.5 Å². The van der Waals surface area contributed by atoms with Crippen molar-refractivity contribution in [2.24, 2.45) is 7.05 Å². The molecule has 0 saturated heterocycles. The van der Waals surface area contributed by atoms with Crippen LogP contribution in [0.5, 0.6) is 0 Å². The Morgan fingerprint density at radius 3 is 2.51 bits per heavy atom. The molecule has 1 atom stereocenters. The number of hydrogen-bond donors (Lipinski definition) is 2. The predicted molar refractivity (Wildman–Crippen MR) is 128 cm³/mol. The van der Waals surface area contributed by atoms with Crippen LogP contribution >= 0.6 is 23.2 Å². The summed E-state index contributed by atoms with van der Waals surface area (Å²) in [4.78, 5) is 41.7. The Morgan fingerprint density at radius 2 is 1.89 bits per heavy atom. The van der Waals surface area contributed by atoms with Crippen LogP contribution in [0, 0.1) is 0 Å². The fraction of sp³-hybridized carbons (Fsp3) is 0.409. The van der Waals surface area contributed by atoms with E-state index in [0.29, 0.717) is 10.6 Å². The number of ether oxygens (including phenoxy) is 1. The molecule has 1 aromatic carbocycles. The normalized spacial score (nSPS) is 12.4. The van der Waals surface area contributed by atoms with Crippen LogP contribution in [0.2, 0.25) is 10.0 Å². The number of carbonyl (C=O) groups excluding carboxylic acids is 1. The highest BCUT2D eigenvalue weighted by atomic mass is 35.5. The summed E-state index contributed by atoms with van der Waals surface area (Å²) in [5.41, 5.74) is -1.45. The number of aliphatic hydroxyl groups excluding tert-OH is 1. The fourth-order valence-electron chi connectivity index (χ4n) is 3.13. The number of rotatable bonds is 7. The van der Waals surface area contributed by atoms with Crippen molar-refractivity contribution in [1.29, 1.82) is 0 Å². The van der Waals surface area contributed by atoms with Gasteiger partial charge in [0.2, 0.25) is 5.89 Å². The number of alkyl carbamates (subject to hydrolysis) is 1. The number of nitrogens with one attached hydrogen (secondary N) is 1. The average Bonchev–Trinajstić information content (AvgIpc) is 3.21. The van der Waals surface area contributed by atoms with E-state index in [-0.39, 0.29) is 41.9 Å². The molecule has 2 heterocycles. The molecule has 0 fully saturated rings. The van der Waals surface area contributed by atoms with Crippen LogP contribution in [-0.4, -0.2) is 36.1 Å². The van der Waals surface area contributed by atoms with E-state index in [1.165, 1.54) is 7.05 Å². The van der Waals surface area contributed by atoms with Crippen LogP contribution in [0.1, 0.15) is 49.8 Å². The molecule has 188 valence electrons. The van der Waals surface area contributed by atoms with Gasteiger partial charge in [-0.05, 0) is 38.5 Å². The summed E-state index contributed by atoms with van der Waals surface area (Å²) in [6.45, 7) is 4.60. The van der Waals surface area contributed by atoms with E-state index >= 15 is 0 Å². The number of nitrogens with zero attached hydrogens (tertiary/aromatic N) is 4. The van der Waals surface area contributed by atoms with Crippen molar-refractivity contribution in [2.75, 3.05) is 0 Å². The lowest BCUT2D eigenvalue weighted by atomic mass is 10.1. The zero-order valence-electron chi connectivity index (χ0n) is 19.5. The molecule has 0 spiro atoms. The smallest absolute Gasteiger partial charge is 0.407 e. The maximum absolute atomic E-state index is 12.8. The van der Waals surface area contributed by atoms with Gasteiger partial charge in [0.1, 0.15) is 17.2 Å². The van der Waals surface area contributed by atoms with Crippen LogP contribution in [0.4, 0.5) is 4.79 Å². The van der Waals surface area contributed by atoms with Gasteiger partial charge in [-0.25, -0.2) is 14.2 Å². The van der Waals surface area contributed by atoms with E-state index in [9.17, 15) is 19.5 Å². The van der Waals surface area contributed by atoms with Crippen molar-refractivity contribution in [3.8, 4) is 0 Å². The molecule has 0 aliphatic rings. The Labute approximate surface area is 210 Å². The second-order valence-corrected chi connectivity index (χ2v) is 9.54. The van der Waals surface area contributed by atoms with Gasteiger partial charge in [0.15, 0.2) is 5.82 Å². The van der Waals surface area contributed by atoms with Gasteiger partial charge < -0.3 is 19.7 Å². The average molecular weight is 526 g/mol. The molecule has 1 unspecified atom stereocenters. The summed E-state index contributed by atoms with van der Waals surface area (Å²) in [5.74, 6) is 0.176. The maximum Gasteiger partial charge on any atom is 0.407 e. The van der Waals surface area contributed by atoms with Crippen molar-refractivity contribution in [2.45, 2.75) is 52.0 Å². The molecule has 0 aliphatic heterocycles. The van der Waals surface area contributed by atoms with Crippen molar-refractivity contribution in [3.05, 3.63) is 78.1 Å². The number of hydrogen-bond acceptors (Lipinski definition) is 8. The number of benzene rings is 1. The highest BCUT2D eigenvalue weighted by Gasteiger charge is 2.21. The van der Waals surface area contributed by atoms with Crippen LogP contribution < -0.4 is 16.6 Å². The van der Waals surface area contributed by atoms with E-state index in [1.807, 2.05) is 0 Å². The Morgan fingerprint density at radius 1 is 1.23 bits per heavy atom. The lowest BCUT2D eigenvalue weighted by molar-refractivity contribution is 0.0522. The predicted octanol–water partition coefficient (Wildman–Crippen LogP) is 2.59. The molecule has 0 saturated carbocycles.